The second-order valence-electron chi connectivity index (χ2n) is 10.8. The number of halogens is 1. The topological polar surface area (TPSA) is 132 Å². The zero-order valence-electron chi connectivity index (χ0n) is 25.1. The van der Waals surface area contributed by atoms with E-state index in [0.29, 0.717) is 11.3 Å². The first-order valence-corrected chi connectivity index (χ1v) is 17.6. The molecule has 6 rings (SSSR count). The zero-order valence-corrected chi connectivity index (χ0v) is 28.4. The fraction of sp³-hybridized carbons (Fsp3) is 0.312. The van der Waals surface area contributed by atoms with E-state index < -0.39 is 45.4 Å². The standard InChI is InChI=1S/C32H30BrN3O8S2/c1-4-43-29(38)25-26(30(39)44-5-2)34-31-32(17-23(28(37)42-3)36(31)46(40,41)24-11-8-16-45-24)21-9-6-7-10-22(21)35(27(25)32)18-19-12-14-20(33)15-13-19/h6-16,23,27H,4-5,17-18H2,1-3H3/t23-,27?,32-/m0/s1. The lowest BCUT2D eigenvalue weighted by molar-refractivity contribution is -0.144. The van der Waals surface area contributed by atoms with Crippen molar-refractivity contribution in [1.82, 2.24) is 4.31 Å². The van der Waals surface area contributed by atoms with Crippen molar-refractivity contribution < 1.29 is 37.0 Å². The molecule has 14 heteroatoms. The minimum absolute atomic E-state index is 0.0120. The summed E-state index contributed by atoms with van der Waals surface area (Å²) >= 11 is 4.46. The lowest BCUT2D eigenvalue weighted by atomic mass is 9.69. The van der Waals surface area contributed by atoms with Gasteiger partial charge in [-0.2, -0.15) is 0 Å². The first-order chi connectivity index (χ1) is 22.1. The van der Waals surface area contributed by atoms with Crippen molar-refractivity contribution >= 4 is 66.7 Å². The van der Waals surface area contributed by atoms with E-state index >= 15 is 0 Å². The van der Waals surface area contributed by atoms with E-state index in [9.17, 15) is 22.8 Å². The smallest absolute Gasteiger partial charge is 0.357 e. The second-order valence-corrected chi connectivity index (χ2v) is 14.7. The predicted molar refractivity (Wildman–Crippen MR) is 174 cm³/mol. The van der Waals surface area contributed by atoms with E-state index in [1.807, 2.05) is 53.4 Å². The van der Waals surface area contributed by atoms with Crippen LogP contribution < -0.4 is 4.90 Å². The van der Waals surface area contributed by atoms with Crippen molar-refractivity contribution in [2.24, 2.45) is 4.99 Å². The summed E-state index contributed by atoms with van der Waals surface area (Å²) in [6.45, 7) is 3.52. The Morgan fingerprint density at radius 3 is 2.35 bits per heavy atom. The maximum atomic E-state index is 14.4. The third-order valence-electron chi connectivity index (χ3n) is 8.34. The zero-order chi connectivity index (χ0) is 32.8. The van der Waals surface area contributed by atoms with E-state index in [4.69, 9.17) is 14.2 Å². The number of anilines is 1. The minimum atomic E-state index is -4.40. The highest BCUT2D eigenvalue weighted by molar-refractivity contribution is 9.10. The van der Waals surface area contributed by atoms with Gasteiger partial charge in [-0.05, 0) is 61.0 Å². The van der Waals surface area contributed by atoms with Gasteiger partial charge in [0.05, 0.1) is 37.4 Å². The van der Waals surface area contributed by atoms with Crippen molar-refractivity contribution in [3.63, 3.8) is 0 Å². The fourth-order valence-corrected chi connectivity index (χ4v) is 9.61. The predicted octanol–water partition coefficient (Wildman–Crippen LogP) is 4.57. The molecule has 240 valence electrons. The average Bonchev–Trinajstić information content (AvgIpc) is 3.77. The number of para-hydroxylation sites is 1. The summed E-state index contributed by atoms with van der Waals surface area (Å²) < 4.78 is 46.7. The number of methoxy groups -OCH3 is 1. The number of rotatable bonds is 9. The number of hydrogen-bond acceptors (Lipinski definition) is 11. The molecule has 1 spiro atoms. The summed E-state index contributed by atoms with van der Waals surface area (Å²) in [6, 6.07) is 15.7. The van der Waals surface area contributed by atoms with E-state index in [1.165, 1.54) is 13.2 Å². The van der Waals surface area contributed by atoms with Gasteiger partial charge in [0.25, 0.3) is 10.0 Å². The van der Waals surface area contributed by atoms with E-state index in [1.54, 1.807) is 25.3 Å². The number of ether oxygens (including phenoxy) is 3. The molecule has 1 saturated heterocycles. The number of carbonyl (C=O) groups excluding carboxylic acids is 3. The van der Waals surface area contributed by atoms with Gasteiger partial charge in [0.1, 0.15) is 16.1 Å². The van der Waals surface area contributed by atoms with Gasteiger partial charge in [0.15, 0.2) is 5.70 Å². The molecule has 0 radical (unpaired) electrons. The molecule has 1 aromatic heterocycles. The molecule has 1 unspecified atom stereocenters. The highest BCUT2D eigenvalue weighted by Gasteiger charge is 2.69. The van der Waals surface area contributed by atoms with Gasteiger partial charge in [-0.3, -0.25) is 0 Å². The Hall–Kier alpha value is -4.01. The van der Waals surface area contributed by atoms with Crippen LogP contribution >= 0.6 is 27.3 Å². The maximum absolute atomic E-state index is 14.4. The van der Waals surface area contributed by atoms with E-state index in [2.05, 4.69) is 20.9 Å². The van der Waals surface area contributed by atoms with Crippen molar-refractivity contribution in [3.8, 4) is 0 Å². The lowest BCUT2D eigenvalue weighted by Gasteiger charge is -2.40. The molecule has 46 heavy (non-hydrogen) atoms. The van der Waals surface area contributed by atoms with Gasteiger partial charge < -0.3 is 19.1 Å². The number of aliphatic imine (C=N–C) groups is 1. The van der Waals surface area contributed by atoms with Crippen LogP contribution in [0.4, 0.5) is 5.69 Å². The molecule has 4 heterocycles. The number of fused-ring (bicyclic) bond motifs is 1. The molecular formula is C32H30BrN3O8S2. The van der Waals surface area contributed by atoms with Crippen LogP contribution in [0.1, 0.15) is 31.4 Å². The van der Waals surface area contributed by atoms with Crippen LogP contribution in [0.3, 0.4) is 0 Å². The number of amidine groups is 1. The summed E-state index contributed by atoms with van der Waals surface area (Å²) in [4.78, 5) is 47.8. The van der Waals surface area contributed by atoms with Gasteiger partial charge in [-0.15, -0.1) is 11.3 Å². The number of benzene rings is 2. The third-order valence-corrected chi connectivity index (χ3v) is 12.0. The van der Waals surface area contributed by atoms with Gasteiger partial charge in [-0.25, -0.2) is 32.1 Å². The first-order valence-electron chi connectivity index (χ1n) is 14.5. The Morgan fingerprint density at radius 1 is 1.00 bits per heavy atom. The van der Waals surface area contributed by atoms with Gasteiger partial charge in [-0.1, -0.05) is 52.3 Å². The molecule has 0 saturated carbocycles. The van der Waals surface area contributed by atoms with Crippen molar-refractivity contribution in [1.29, 1.82) is 0 Å². The Morgan fingerprint density at radius 2 is 1.70 bits per heavy atom. The monoisotopic (exact) mass is 727 g/mol. The molecule has 0 aliphatic carbocycles. The highest BCUT2D eigenvalue weighted by Crippen LogP contribution is 2.59. The number of sulfonamides is 1. The van der Waals surface area contributed by atoms with E-state index in [-0.39, 0.29) is 47.5 Å². The molecule has 3 aliphatic rings. The number of hydrogen-bond donors (Lipinski definition) is 0. The van der Waals surface area contributed by atoms with Crippen LogP contribution in [0.5, 0.6) is 0 Å². The Kier molecular flexibility index (Phi) is 8.55. The van der Waals surface area contributed by atoms with Crippen molar-refractivity contribution in [2.45, 2.75) is 48.5 Å². The summed E-state index contributed by atoms with van der Waals surface area (Å²) in [7, 11) is -3.21. The van der Waals surface area contributed by atoms with Gasteiger partial charge in [0.2, 0.25) is 0 Å². The second kappa shape index (κ2) is 12.3. The summed E-state index contributed by atoms with van der Waals surface area (Å²) in [5, 5.41) is 1.62. The largest absolute Gasteiger partial charge is 0.467 e. The van der Waals surface area contributed by atoms with Gasteiger partial charge >= 0.3 is 17.9 Å². The van der Waals surface area contributed by atoms with Crippen LogP contribution in [0.2, 0.25) is 0 Å². The molecule has 3 aromatic rings. The van der Waals surface area contributed by atoms with Gasteiger partial charge in [0, 0.05) is 16.7 Å². The summed E-state index contributed by atoms with van der Waals surface area (Å²) in [5.41, 5.74) is 0.392. The average molecular weight is 729 g/mol. The molecule has 3 aliphatic heterocycles. The van der Waals surface area contributed by atoms with Crippen LogP contribution in [0.25, 0.3) is 0 Å². The first kappa shape index (κ1) is 32.0. The molecule has 1 fully saturated rings. The number of esters is 3. The molecule has 0 amide bonds. The quantitative estimate of drug-likeness (QED) is 0.230. The molecular weight excluding hydrogens is 698 g/mol. The number of thiophene rings is 1. The van der Waals surface area contributed by atoms with Crippen LogP contribution in [0, 0.1) is 0 Å². The normalized spacial score (nSPS) is 21.7. The Balaban J connectivity index is 1.69. The number of nitrogens with zero attached hydrogens (tertiary/aromatic N) is 3. The van der Waals surface area contributed by atoms with Crippen LogP contribution in [0.15, 0.2) is 91.0 Å². The number of carbonyl (C=O) groups is 3. The lowest BCUT2D eigenvalue weighted by Crippen LogP contribution is -2.55. The molecule has 3 atom stereocenters. The summed E-state index contributed by atoms with van der Waals surface area (Å²) in [6.07, 6.45) is -0.110. The molecule has 0 N–H and O–H groups in total. The molecule has 0 bridgehead atoms. The molecule has 2 aromatic carbocycles. The van der Waals surface area contributed by atoms with Crippen LogP contribution in [-0.4, -0.2) is 68.9 Å². The Labute approximate surface area is 278 Å². The molecule has 11 nitrogen and oxygen atoms in total. The highest BCUT2D eigenvalue weighted by atomic mass is 79.9. The van der Waals surface area contributed by atoms with Crippen molar-refractivity contribution in [3.05, 3.63) is 92.9 Å². The summed E-state index contributed by atoms with van der Waals surface area (Å²) in [5.74, 6) is -2.57. The van der Waals surface area contributed by atoms with Crippen LogP contribution in [-0.2, 0) is 50.6 Å². The SMILES string of the molecule is CCOC(=O)C1=C(C(=O)OCC)C2N(Cc3ccc(Br)cc3)c3ccccc3[C@@]23C[C@@H](C(=O)OC)N(S(=O)(=O)c2cccs2)C3=N1. The minimum Gasteiger partial charge on any atom is -0.467 e. The third kappa shape index (κ3) is 4.94. The Bertz CT molecular complexity index is 1870. The maximum Gasteiger partial charge on any atom is 0.357 e. The fourth-order valence-electron chi connectivity index (χ4n) is 6.63. The van der Waals surface area contributed by atoms with E-state index in [0.717, 1.165) is 25.7 Å². The van der Waals surface area contributed by atoms with Crippen molar-refractivity contribution in [2.75, 3.05) is 25.2 Å².